The Kier molecular flexibility index (Phi) is 8.59. The van der Waals surface area contributed by atoms with Gasteiger partial charge in [0.25, 0.3) is 6.43 Å². The third-order valence-corrected chi connectivity index (χ3v) is 3.37. The van der Waals surface area contributed by atoms with E-state index in [9.17, 15) is 8.78 Å². The molecule has 1 aromatic rings. The van der Waals surface area contributed by atoms with Crippen LogP contribution >= 0.6 is 24.8 Å². The summed E-state index contributed by atoms with van der Waals surface area (Å²) in [6.07, 6.45) is -2.34. The monoisotopic (exact) mass is 326 g/mol. The van der Waals surface area contributed by atoms with Crippen LogP contribution in [-0.2, 0) is 0 Å². The number of nitrogens with zero attached hydrogens (tertiary/aromatic N) is 1. The topological polar surface area (TPSA) is 15.3 Å². The summed E-state index contributed by atoms with van der Waals surface area (Å²) < 4.78 is 26.7. The van der Waals surface area contributed by atoms with Gasteiger partial charge in [-0.1, -0.05) is 29.3 Å². The van der Waals surface area contributed by atoms with Gasteiger partial charge in [-0.05, 0) is 19.4 Å². The summed E-state index contributed by atoms with van der Waals surface area (Å²) in [4.78, 5) is 1.88. The number of halogens is 4. The molecule has 1 aromatic carbocycles. The molecule has 0 bridgehead atoms. The van der Waals surface area contributed by atoms with E-state index in [4.69, 9.17) is 0 Å². The fourth-order valence-electron chi connectivity index (χ4n) is 2.66. The Balaban J connectivity index is 0.00000180. The van der Waals surface area contributed by atoms with Gasteiger partial charge in [0.2, 0.25) is 0 Å². The summed E-state index contributed by atoms with van der Waals surface area (Å²) in [5, 5.41) is 3.20. The molecule has 1 fully saturated rings. The molecular formula is C14H22Cl2F2N2. The van der Waals surface area contributed by atoms with Crippen LogP contribution in [0.3, 0.4) is 0 Å². The van der Waals surface area contributed by atoms with Gasteiger partial charge in [0.1, 0.15) is 0 Å². The predicted molar refractivity (Wildman–Crippen MR) is 83.6 cm³/mol. The maximum absolute atomic E-state index is 13.4. The van der Waals surface area contributed by atoms with Crippen LogP contribution in [0.4, 0.5) is 8.78 Å². The minimum atomic E-state index is -2.34. The number of benzene rings is 1. The van der Waals surface area contributed by atoms with E-state index in [1.165, 1.54) is 0 Å². The zero-order valence-electron chi connectivity index (χ0n) is 11.7. The van der Waals surface area contributed by atoms with E-state index in [2.05, 4.69) is 5.32 Å². The molecule has 2 nitrogen and oxygen atoms in total. The molecule has 0 spiro atoms. The van der Waals surface area contributed by atoms with E-state index in [0.717, 1.165) is 29.8 Å². The largest absolute Gasteiger partial charge is 0.314 e. The van der Waals surface area contributed by atoms with E-state index in [1.807, 2.05) is 36.9 Å². The molecule has 0 aromatic heterocycles. The number of nitrogens with one attached hydrogen (secondary N) is 1. The molecule has 0 amide bonds. The molecule has 1 aliphatic rings. The summed E-state index contributed by atoms with van der Waals surface area (Å²) in [6, 6.07) is 5.01. The lowest BCUT2D eigenvalue weighted by atomic mass is 10.00. The lowest BCUT2D eigenvalue weighted by Gasteiger charge is -2.34. The van der Waals surface area contributed by atoms with Crippen molar-refractivity contribution in [3.8, 4) is 0 Å². The average molecular weight is 327 g/mol. The molecule has 0 saturated carbocycles. The number of aryl methyl sites for hydroxylation is 2. The first kappa shape index (κ1) is 19.6. The first-order valence-corrected chi connectivity index (χ1v) is 6.39. The third-order valence-electron chi connectivity index (χ3n) is 3.37. The van der Waals surface area contributed by atoms with Crippen molar-refractivity contribution in [1.29, 1.82) is 0 Å². The van der Waals surface area contributed by atoms with Crippen LogP contribution in [0.1, 0.15) is 22.7 Å². The Morgan fingerprint density at radius 3 is 1.95 bits per heavy atom. The lowest BCUT2D eigenvalue weighted by Crippen LogP contribution is -2.46. The van der Waals surface area contributed by atoms with Crippen molar-refractivity contribution in [2.45, 2.75) is 26.3 Å². The zero-order valence-corrected chi connectivity index (χ0v) is 13.4. The molecule has 20 heavy (non-hydrogen) atoms. The van der Waals surface area contributed by atoms with Crippen molar-refractivity contribution < 1.29 is 8.78 Å². The SMILES string of the molecule is Cc1cc(C)cc([C@H](C(F)F)N2CCNCC2)c1.Cl.Cl. The molecule has 1 heterocycles. The summed E-state index contributed by atoms with van der Waals surface area (Å²) in [6.45, 7) is 6.85. The van der Waals surface area contributed by atoms with Crippen LogP contribution in [0.5, 0.6) is 0 Å². The Morgan fingerprint density at radius 2 is 1.50 bits per heavy atom. The van der Waals surface area contributed by atoms with Crippen LogP contribution in [0.25, 0.3) is 0 Å². The molecular weight excluding hydrogens is 305 g/mol. The molecule has 0 unspecified atom stereocenters. The third kappa shape index (κ3) is 4.85. The Labute approximate surface area is 131 Å². The maximum atomic E-state index is 13.4. The minimum absolute atomic E-state index is 0. The summed E-state index contributed by atoms with van der Waals surface area (Å²) in [5.41, 5.74) is 2.83. The first-order chi connectivity index (χ1) is 8.58. The van der Waals surface area contributed by atoms with E-state index in [1.54, 1.807) is 0 Å². The fourth-order valence-corrected chi connectivity index (χ4v) is 2.66. The molecule has 1 saturated heterocycles. The van der Waals surface area contributed by atoms with Gasteiger partial charge < -0.3 is 5.32 Å². The zero-order chi connectivity index (χ0) is 13.1. The van der Waals surface area contributed by atoms with Crippen LogP contribution in [-0.4, -0.2) is 37.5 Å². The minimum Gasteiger partial charge on any atom is -0.314 e. The molecule has 0 aliphatic carbocycles. The standard InChI is InChI=1S/C14H20F2N2.2ClH/c1-10-7-11(2)9-12(8-10)13(14(15)16)18-5-3-17-4-6-18;;/h7-9,13-14,17H,3-6H2,1-2H3;2*1H/t13-;;/m1../s1. The van der Waals surface area contributed by atoms with Crippen LogP contribution in [0.2, 0.25) is 0 Å². The van der Waals surface area contributed by atoms with Crippen molar-refractivity contribution in [2.24, 2.45) is 0 Å². The Bertz CT molecular complexity index is 390. The highest BCUT2D eigenvalue weighted by Crippen LogP contribution is 2.29. The van der Waals surface area contributed by atoms with E-state index in [-0.39, 0.29) is 24.8 Å². The molecule has 0 radical (unpaired) electrons. The number of hydrogen-bond acceptors (Lipinski definition) is 2. The summed E-state index contributed by atoms with van der Waals surface area (Å²) >= 11 is 0. The van der Waals surface area contributed by atoms with E-state index >= 15 is 0 Å². The van der Waals surface area contributed by atoms with E-state index < -0.39 is 12.5 Å². The van der Waals surface area contributed by atoms with Crippen molar-refractivity contribution >= 4 is 24.8 Å². The quantitative estimate of drug-likeness (QED) is 0.916. The van der Waals surface area contributed by atoms with Gasteiger partial charge in [-0.3, -0.25) is 4.90 Å². The van der Waals surface area contributed by atoms with Gasteiger partial charge in [-0.2, -0.15) is 0 Å². The van der Waals surface area contributed by atoms with Crippen molar-refractivity contribution in [3.63, 3.8) is 0 Å². The second kappa shape index (κ2) is 8.78. The molecule has 1 N–H and O–H groups in total. The number of rotatable bonds is 3. The highest BCUT2D eigenvalue weighted by atomic mass is 35.5. The first-order valence-electron chi connectivity index (χ1n) is 6.39. The smallest absolute Gasteiger partial charge is 0.258 e. The number of hydrogen-bond donors (Lipinski definition) is 1. The Morgan fingerprint density at radius 1 is 1.00 bits per heavy atom. The average Bonchev–Trinajstić information content (AvgIpc) is 2.28. The number of piperazine rings is 1. The highest BCUT2D eigenvalue weighted by Gasteiger charge is 2.30. The summed E-state index contributed by atoms with van der Waals surface area (Å²) in [5.74, 6) is 0. The predicted octanol–water partition coefficient (Wildman–Crippen LogP) is 3.36. The van der Waals surface area contributed by atoms with Gasteiger partial charge >= 0.3 is 0 Å². The lowest BCUT2D eigenvalue weighted by molar-refractivity contribution is 0.0181. The fraction of sp³-hybridized carbons (Fsp3) is 0.571. The van der Waals surface area contributed by atoms with Gasteiger partial charge in [0.15, 0.2) is 0 Å². The molecule has 1 aliphatic heterocycles. The second-order valence-corrected chi connectivity index (χ2v) is 4.99. The molecule has 116 valence electrons. The second-order valence-electron chi connectivity index (χ2n) is 4.99. The van der Waals surface area contributed by atoms with Gasteiger partial charge in [-0.15, -0.1) is 24.8 Å². The van der Waals surface area contributed by atoms with Gasteiger partial charge in [0.05, 0.1) is 6.04 Å². The number of alkyl halides is 2. The summed E-state index contributed by atoms with van der Waals surface area (Å²) in [7, 11) is 0. The molecule has 2 rings (SSSR count). The van der Waals surface area contributed by atoms with Crippen molar-refractivity contribution in [2.75, 3.05) is 26.2 Å². The van der Waals surface area contributed by atoms with Crippen molar-refractivity contribution in [3.05, 3.63) is 34.9 Å². The normalized spacial score (nSPS) is 17.2. The Hall–Kier alpha value is -0.420. The maximum Gasteiger partial charge on any atom is 0.258 e. The van der Waals surface area contributed by atoms with Crippen LogP contribution in [0.15, 0.2) is 18.2 Å². The molecule has 6 heteroatoms. The van der Waals surface area contributed by atoms with Crippen LogP contribution < -0.4 is 5.32 Å². The van der Waals surface area contributed by atoms with Crippen molar-refractivity contribution in [1.82, 2.24) is 10.2 Å². The van der Waals surface area contributed by atoms with Gasteiger partial charge in [0, 0.05) is 26.2 Å². The van der Waals surface area contributed by atoms with E-state index in [0.29, 0.717) is 13.1 Å². The highest BCUT2D eigenvalue weighted by molar-refractivity contribution is 5.85. The molecule has 1 atom stereocenters. The van der Waals surface area contributed by atoms with Gasteiger partial charge in [-0.25, -0.2) is 8.78 Å². The van der Waals surface area contributed by atoms with Crippen LogP contribution in [0, 0.1) is 13.8 Å².